The summed E-state index contributed by atoms with van der Waals surface area (Å²) < 4.78 is 37.6. The maximum absolute atomic E-state index is 12.5. The second-order valence-electron chi connectivity index (χ2n) is 6.02. The monoisotopic (exact) mass is 279 g/mol. The van der Waals surface area contributed by atoms with E-state index in [1.165, 1.54) is 12.8 Å². The molecule has 0 aromatic carbocycles. The molecular formula is C13H24F3N3. The standard InChI is InChI=1S/C13H24F3N3/c14-13(15,16)6-11-5-12(18-7-10-1-2-10)9-19(8-11)4-3-17/h10-12,18H,1-9,17H2. The lowest BCUT2D eigenvalue weighted by atomic mass is 9.91. The fraction of sp³-hybridized carbons (Fsp3) is 1.00. The highest BCUT2D eigenvalue weighted by atomic mass is 19.4. The zero-order valence-corrected chi connectivity index (χ0v) is 11.3. The second-order valence-corrected chi connectivity index (χ2v) is 6.02. The average molecular weight is 279 g/mol. The van der Waals surface area contributed by atoms with Crippen LogP contribution in [0.15, 0.2) is 0 Å². The van der Waals surface area contributed by atoms with Gasteiger partial charge in [-0.25, -0.2) is 0 Å². The summed E-state index contributed by atoms with van der Waals surface area (Å²) in [6.45, 7) is 3.51. The van der Waals surface area contributed by atoms with Crippen molar-refractivity contribution >= 4 is 0 Å². The van der Waals surface area contributed by atoms with Crippen molar-refractivity contribution in [3.63, 3.8) is 0 Å². The van der Waals surface area contributed by atoms with Crippen LogP contribution in [0.3, 0.4) is 0 Å². The molecule has 0 bridgehead atoms. The molecule has 112 valence electrons. The first kappa shape index (κ1) is 15.1. The summed E-state index contributed by atoms with van der Waals surface area (Å²) in [5, 5.41) is 3.44. The number of nitrogens with one attached hydrogen (secondary N) is 1. The number of alkyl halides is 3. The van der Waals surface area contributed by atoms with Crippen molar-refractivity contribution in [1.29, 1.82) is 0 Å². The zero-order chi connectivity index (χ0) is 13.9. The van der Waals surface area contributed by atoms with Gasteiger partial charge >= 0.3 is 6.18 Å². The van der Waals surface area contributed by atoms with Crippen molar-refractivity contribution in [3.8, 4) is 0 Å². The van der Waals surface area contributed by atoms with E-state index in [9.17, 15) is 13.2 Å². The smallest absolute Gasteiger partial charge is 0.329 e. The lowest BCUT2D eigenvalue weighted by molar-refractivity contribution is -0.148. The molecule has 1 saturated heterocycles. The van der Waals surface area contributed by atoms with Gasteiger partial charge in [0.2, 0.25) is 0 Å². The molecule has 2 atom stereocenters. The zero-order valence-electron chi connectivity index (χ0n) is 11.3. The summed E-state index contributed by atoms with van der Waals surface area (Å²) in [6, 6.07) is 0.188. The summed E-state index contributed by atoms with van der Waals surface area (Å²) in [5.41, 5.74) is 5.53. The Bertz CT molecular complexity index is 279. The molecule has 0 amide bonds. The number of rotatable bonds is 6. The van der Waals surface area contributed by atoms with Gasteiger partial charge in [-0.3, -0.25) is 0 Å². The number of piperidine rings is 1. The van der Waals surface area contributed by atoms with Crippen molar-refractivity contribution in [3.05, 3.63) is 0 Å². The highest BCUT2D eigenvalue weighted by Gasteiger charge is 2.36. The van der Waals surface area contributed by atoms with Gasteiger partial charge in [0.05, 0.1) is 0 Å². The van der Waals surface area contributed by atoms with Gasteiger partial charge in [-0.1, -0.05) is 0 Å². The van der Waals surface area contributed by atoms with Crippen molar-refractivity contribution in [2.45, 2.75) is 37.9 Å². The minimum atomic E-state index is -4.06. The fourth-order valence-corrected chi connectivity index (χ4v) is 2.95. The molecule has 0 radical (unpaired) electrons. The van der Waals surface area contributed by atoms with Crippen LogP contribution in [0.2, 0.25) is 0 Å². The molecule has 2 unspecified atom stereocenters. The SMILES string of the molecule is NCCN1CC(CC(F)(F)F)CC(NCC2CC2)C1. The number of hydrogen-bond acceptors (Lipinski definition) is 3. The molecule has 2 aliphatic rings. The average Bonchev–Trinajstić information content (AvgIpc) is 3.08. The first-order valence-electron chi connectivity index (χ1n) is 7.19. The van der Waals surface area contributed by atoms with E-state index in [4.69, 9.17) is 5.73 Å². The quantitative estimate of drug-likeness (QED) is 0.776. The van der Waals surface area contributed by atoms with Gasteiger partial charge in [0.15, 0.2) is 0 Å². The first-order valence-corrected chi connectivity index (χ1v) is 7.19. The van der Waals surface area contributed by atoms with Crippen molar-refractivity contribution in [2.75, 3.05) is 32.7 Å². The lowest BCUT2D eigenvalue weighted by Crippen LogP contribution is -2.51. The Morgan fingerprint density at radius 3 is 2.47 bits per heavy atom. The number of likely N-dealkylation sites (tertiary alicyclic amines) is 1. The summed E-state index contributed by atoms with van der Waals surface area (Å²) in [5.74, 6) is 0.461. The van der Waals surface area contributed by atoms with Gasteiger partial charge in [0.25, 0.3) is 0 Å². The van der Waals surface area contributed by atoms with Crippen LogP contribution in [-0.2, 0) is 0 Å². The Morgan fingerprint density at radius 1 is 1.16 bits per heavy atom. The Morgan fingerprint density at radius 2 is 1.89 bits per heavy atom. The lowest BCUT2D eigenvalue weighted by Gasteiger charge is -2.38. The molecule has 2 fully saturated rings. The minimum absolute atomic E-state index is 0.188. The van der Waals surface area contributed by atoms with Crippen LogP contribution in [0.1, 0.15) is 25.7 Å². The molecule has 3 N–H and O–H groups in total. The number of hydrogen-bond donors (Lipinski definition) is 2. The second kappa shape index (κ2) is 6.41. The predicted octanol–water partition coefficient (Wildman–Crippen LogP) is 1.59. The molecule has 1 heterocycles. The largest absolute Gasteiger partial charge is 0.389 e. The van der Waals surface area contributed by atoms with Gasteiger partial charge in [0, 0.05) is 38.6 Å². The van der Waals surface area contributed by atoms with Crippen LogP contribution in [0.4, 0.5) is 13.2 Å². The number of nitrogens with two attached hydrogens (primary N) is 1. The minimum Gasteiger partial charge on any atom is -0.329 e. The fourth-order valence-electron chi connectivity index (χ4n) is 2.95. The van der Waals surface area contributed by atoms with Crippen LogP contribution in [0, 0.1) is 11.8 Å². The van der Waals surface area contributed by atoms with Crippen molar-refractivity contribution < 1.29 is 13.2 Å². The van der Waals surface area contributed by atoms with Crippen molar-refractivity contribution in [2.24, 2.45) is 17.6 Å². The van der Waals surface area contributed by atoms with E-state index in [0.717, 1.165) is 19.0 Å². The Labute approximate surface area is 112 Å². The molecule has 1 saturated carbocycles. The molecule has 3 nitrogen and oxygen atoms in total. The Hall–Kier alpha value is -0.330. The normalized spacial score (nSPS) is 29.7. The van der Waals surface area contributed by atoms with Gasteiger partial charge < -0.3 is 16.0 Å². The third kappa shape index (κ3) is 5.67. The molecule has 2 rings (SSSR count). The van der Waals surface area contributed by atoms with E-state index in [1.54, 1.807) is 0 Å². The highest BCUT2D eigenvalue weighted by molar-refractivity contribution is 4.86. The van der Waals surface area contributed by atoms with E-state index < -0.39 is 12.6 Å². The Kier molecular flexibility index (Phi) is 5.09. The van der Waals surface area contributed by atoms with Gasteiger partial charge in [0.1, 0.15) is 0 Å². The van der Waals surface area contributed by atoms with Crippen LogP contribution in [0.25, 0.3) is 0 Å². The van der Waals surface area contributed by atoms with Crippen LogP contribution in [-0.4, -0.2) is 49.8 Å². The molecule has 1 aliphatic heterocycles. The molecule has 19 heavy (non-hydrogen) atoms. The van der Waals surface area contributed by atoms with E-state index in [-0.39, 0.29) is 12.0 Å². The summed E-state index contributed by atoms with van der Waals surface area (Å²) >= 11 is 0. The maximum atomic E-state index is 12.5. The Balaban J connectivity index is 1.83. The number of nitrogens with zero attached hydrogens (tertiary/aromatic N) is 1. The van der Waals surface area contributed by atoms with Gasteiger partial charge in [-0.15, -0.1) is 0 Å². The van der Waals surface area contributed by atoms with Crippen molar-refractivity contribution in [1.82, 2.24) is 10.2 Å². The molecule has 6 heteroatoms. The third-order valence-electron chi connectivity index (χ3n) is 3.97. The van der Waals surface area contributed by atoms with Gasteiger partial charge in [-0.05, 0) is 37.6 Å². The summed E-state index contributed by atoms with van der Waals surface area (Å²) in [6.07, 6.45) is -1.57. The van der Waals surface area contributed by atoms with E-state index in [1.807, 2.05) is 0 Å². The topological polar surface area (TPSA) is 41.3 Å². The van der Waals surface area contributed by atoms with Gasteiger partial charge in [-0.2, -0.15) is 13.2 Å². The molecule has 0 aromatic rings. The summed E-state index contributed by atoms with van der Waals surface area (Å²) in [4.78, 5) is 2.07. The molecule has 0 spiro atoms. The van der Waals surface area contributed by atoms with Crippen LogP contribution >= 0.6 is 0 Å². The maximum Gasteiger partial charge on any atom is 0.389 e. The molecular weight excluding hydrogens is 255 g/mol. The number of halogens is 3. The highest BCUT2D eigenvalue weighted by Crippen LogP contribution is 2.31. The third-order valence-corrected chi connectivity index (χ3v) is 3.97. The summed E-state index contributed by atoms with van der Waals surface area (Å²) in [7, 11) is 0. The first-order chi connectivity index (χ1) is 8.96. The van der Waals surface area contributed by atoms with E-state index in [0.29, 0.717) is 26.1 Å². The van der Waals surface area contributed by atoms with E-state index >= 15 is 0 Å². The predicted molar refractivity (Wildman–Crippen MR) is 68.8 cm³/mol. The van der Waals surface area contributed by atoms with Crippen LogP contribution in [0.5, 0.6) is 0 Å². The van der Waals surface area contributed by atoms with Crippen LogP contribution < -0.4 is 11.1 Å². The molecule has 0 aromatic heterocycles. The molecule has 1 aliphatic carbocycles. The van der Waals surface area contributed by atoms with E-state index in [2.05, 4.69) is 10.2 Å².